The van der Waals surface area contributed by atoms with Crippen LogP contribution in [0.25, 0.3) is 0 Å². The molecular formula is C13H20N2O2S. The van der Waals surface area contributed by atoms with Crippen LogP contribution in [0.2, 0.25) is 0 Å². The van der Waals surface area contributed by atoms with Crippen LogP contribution in [0, 0.1) is 0 Å². The number of benzene rings is 1. The first-order valence-electron chi connectivity index (χ1n) is 5.85. The van der Waals surface area contributed by atoms with Crippen molar-refractivity contribution < 1.29 is 9.90 Å². The van der Waals surface area contributed by atoms with Gasteiger partial charge in [-0.1, -0.05) is 12.1 Å². The molecule has 2 atom stereocenters. The van der Waals surface area contributed by atoms with Crippen LogP contribution in [0.1, 0.15) is 17.3 Å². The van der Waals surface area contributed by atoms with Gasteiger partial charge in [-0.2, -0.15) is 11.8 Å². The SMILES string of the molecule is CNc1ccccc1C(=O)NC(C)C(CO)SC. The molecule has 18 heavy (non-hydrogen) atoms. The lowest BCUT2D eigenvalue weighted by molar-refractivity contribution is 0.0937. The van der Waals surface area contributed by atoms with E-state index in [9.17, 15) is 9.90 Å². The molecule has 0 heterocycles. The molecule has 0 bridgehead atoms. The van der Waals surface area contributed by atoms with Crippen molar-refractivity contribution in [2.75, 3.05) is 25.2 Å². The van der Waals surface area contributed by atoms with E-state index in [1.807, 2.05) is 31.4 Å². The van der Waals surface area contributed by atoms with Crippen LogP contribution in [0.5, 0.6) is 0 Å². The molecular weight excluding hydrogens is 248 g/mol. The van der Waals surface area contributed by atoms with Crippen LogP contribution in [-0.2, 0) is 0 Å². The number of para-hydroxylation sites is 1. The third-order valence-corrected chi connectivity index (χ3v) is 4.00. The molecule has 100 valence electrons. The smallest absolute Gasteiger partial charge is 0.253 e. The third-order valence-electron chi connectivity index (χ3n) is 2.84. The highest BCUT2D eigenvalue weighted by molar-refractivity contribution is 7.99. The van der Waals surface area contributed by atoms with Crippen LogP contribution in [0.15, 0.2) is 24.3 Å². The number of amides is 1. The molecule has 0 saturated heterocycles. The van der Waals surface area contributed by atoms with E-state index in [0.717, 1.165) is 5.69 Å². The highest BCUT2D eigenvalue weighted by atomic mass is 32.2. The summed E-state index contributed by atoms with van der Waals surface area (Å²) in [6.45, 7) is 1.95. The van der Waals surface area contributed by atoms with Gasteiger partial charge in [0.2, 0.25) is 0 Å². The highest BCUT2D eigenvalue weighted by Crippen LogP contribution is 2.16. The second-order valence-corrected chi connectivity index (χ2v) is 5.09. The van der Waals surface area contributed by atoms with Crippen molar-refractivity contribution in [1.82, 2.24) is 5.32 Å². The Balaban J connectivity index is 2.76. The number of aliphatic hydroxyl groups is 1. The van der Waals surface area contributed by atoms with E-state index in [1.165, 1.54) is 0 Å². The van der Waals surface area contributed by atoms with Crippen LogP contribution in [0.3, 0.4) is 0 Å². The number of hydrogen-bond donors (Lipinski definition) is 3. The van der Waals surface area contributed by atoms with E-state index in [2.05, 4.69) is 10.6 Å². The molecule has 0 saturated carbocycles. The zero-order chi connectivity index (χ0) is 13.5. The maximum absolute atomic E-state index is 12.1. The monoisotopic (exact) mass is 268 g/mol. The third kappa shape index (κ3) is 3.65. The Morgan fingerprint density at radius 3 is 2.67 bits per heavy atom. The molecule has 0 radical (unpaired) electrons. The normalized spacial score (nSPS) is 13.8. The lowest BCUT2D eigenvalue weighted by Gasteiger charge is -2.21. The van der Waals surface area contributed by atoms with Crippen molar-refractivity contribution in [2.24, 2.45) is 0 Å². The van der Waals surface area contributed by atoms with Crippen molar-refractivity contribution in [2.45, 2.75) is 18.2 Å². The molecule has 0 aliphatic carbocycles. The summed E-state index contributed by atoms with van der Waals surface area (Å²) in [5, 5.41) is 15.1. The average molecular weight is 268 g/mol. The molecule has 0 aromatic heterocycles. The van der Waals surface area contributed by atoms with Crippen LogP contribution >= 0.6 is 11.8 Å². The molecule has 5 heteroatoms. The van der Waals surface area contributed by atoms with Gasteiger partial charge in [-0.15, -0.1) is 0 Å². The van der Waals surface area contributed by atoms with Crippen molar-refractivity contribution in [1.29, 1.82) is 0 Å². The van der Waals surface area contributed by atoms with Gasteiger partial charge < -0.3 is 15.7 Å². The Morgan fingerprint density at radius 1 is 1.44 bits per heavy atom. The average Bonchev–Trinajstić information content (AvgIpc) is 2.40. The quantitative estimate of drug-likeness (QED) is 0.733. The summed E-state index contributed by atoms with van der Waals surface area (Å²) in [4.78, 5) is 12.1. The van der Waals surface area contributed by atoms with Gasteiger partial charge in [-0.05, 0) is 25.3 Å². The van der Waals surface area contributed by atoms with Gasteiger partial charge in [-0.3, -0.25) is 4.79 Å². The number of rotatable bonds is 6. The number of nitrogens with one attached hydrogen (secondary N) is 2. The summed E-state index contributed by atoms with van der Waals surface area (Å²) in [6.07, 6.45) is 1.92. The zero-order valence-electron chi connectivity index (χ0n) is 10.9. The molecule has 0 fully saturated rings. The first kappa shape index (κ1) is 14.9. The molecule has 0 spiro atoms. The van der Waals surface area contributed by atoms with Crippen LogP contribution < -0.4 is 10.6 Å². The van der Waals surface area contributed by atoms with Crippen molar-refractivity contribution in [3.63, 3.8) is 0 Å². The molecule has 3 N–H and O–H groups in total. The largest absolute Gasteiger partial charge is 0.395 e. The number of carbonyl (C=O) groups excluding carboxylic acids is 1. The molecule has 1 rings (SSSR count). The molecule has 0 aliphatic heterocycles. The number of thioether (sulfide) groups is 1. The van der Waals surface area contributed by atoms with Gasteiger partial charge in [0.1, 0.15) is 0 Å². The van der Waals surface area contributed by atoms with Crippen molar-refractivity contribution >= 4 is 23.4 Å². The Kier molecular flexibility index (Phi) is 6.01. The van der Waals surface area contributed by atoms with Gasteiger partial charge in [0.05, 0.1) is 12.2 Å². The summed E-state index contributed by atoms with van der Waals surface area (Å²) in [7, 11) is 1.79. The first-order chi connectivity index (χ1) is 8.63. The topological polar surface area (TPSA) is 61.4 Å². The molecule has 0 aliphatic rings. The fourth-order valence-corrected chi connectivity index (χ4v) is 2.34. The van der Waals surface area contributed by atoms with E-state index < -0.39 is 0 Å². The number of carbonyl (C=O) groups is 1. The maximum atomic E-state index is 12.1. The lowest BCUT2D eigenvalue weighted by atomic mass is 10.1. The standard InChI is InChI=1S/C13H20N2O2S/c1-9(12(8-16)18-3)15-13(17)10-6-4-5-7-11(10)14-2/h4-7,9,12,14,16H,8H2,1-3H3,(H,15,17). The molecule has 1 aromatic carbocycles. The Bertz CT molecular complexity index is 394. The van der Waals surface area contributed by atoms with Crippen LogP contribution in [0.4, 0.5) is 5.69 Å². The molecule has 1 aromatic rings. The van der Waals surface area contributed by atoms with Crippen LogP contribution in [-0.4, -0.2) is 42.2 Å². The lowest BCUT2D eigenvalue weighted by Crippen LogP contribution is -2.41. The Hall–Kier alpha value is -1.20. The second kappa shape index (κ2) is 7.28. The van der Waals surface area contributed by atoms with Gasteiger partial charge >= 0.3 is 0 Å². The fraction of sp³-hybridized carbons (Fsp3) is 0.462. The minimum absolute atomic E-state index is 0.00991. The number of hydrogen-bond acceptors (Lipinski definition) is 4. The van der Waals surface area contributed by atoms with E-state index in [-0.39, 0.29) is 23.8 Å². The number of aliphatic hydroxyl groups excluding tert-OH is 1. The predicted molar refractivity (Wildman–Crippen MR) is 77.3 cm³/mol. The predicted octanol–water partition coefficient (Wildman–Crippen LogP) is 1.57. The van der Waals surface area contributed by atoms with E-state index in [0.29, 0.717) is 5.56 Å². The minimum Gasteiger partial charge on any atom is -0.395 e. The maximum Gasteiger partial charge on any atom is 0.253 e. The fourth-order valence-electron chi connectivity index (χ4n) is 1.71. The van der Waals surface area contributed by atoms with Gasteiger partial charge in [-0.25, -0.2) is 0 Å². The first-order valence-corrected chi connectivity index (χ1v) is 7.14. The summed E-state index contributed by atoms with van der Waals surface area (Å²) >= 11 is 1.54. The zero-order valence-corrected chi connectivity index (χ0v) is 11.8. The highest BCUT2D eigenvalue weighted by Gasteiger charge is 2.19. The summed E-state index contributed by atoms with van der Waals surface area (Å²) < 4.78 is 0. The number of anilines is 1. The van der Waals surface area contributed by atoms with Crippen molar-refractivity contribution in [3.8, 4) is 0 Å². The van der Waals surface area contributed by atoms with Gasteiger partial charge in [0.25, 0.3) is 5.91 Å². The van der Waals surface area contributed by atoms with E-state index >= 15 is 0 Å². The summed E-state index contributed by atoms with van der Waals surface area (Å²) in [6, 6.07) is 7.27. The van der Waals surface area contributed by atoms with E-state index in [1.54, 1.807) is 24.9 Å². The van der Waals surface area contributed by atoms with E-state index in [4.69, 9.17) is 0 Å². The Labute approximate surface area is 112 Å². The molecule has 2 unspecified atom stereocenters. The molecule has 4 nitrogen and oxygen atoms in total. The summed E-state index contributed by atoms with van der Waals surface area (Å²) in [5.41, 5.74) is 1.41. The van der Waals surface area contributed by atoms with Gasteiger partial charge in [0.15, 0.2) is 0 Å². The van der Waals surface area contributed by atoms with Crippen molar-refractivity contribution in [3.05, 3.63) is 29.8 Å². The Morgan fingerprint density at radius 2 is 2.11 bits per heavy atom. The minimum atomic E-state index is -0.125. The second-order valence-electron chi connectivity index (χ2n) is 4.01. The summed E-state index contributed by atoms with van der Waals surface area (Å²) in [5.74, 6) is -0.125. The molecule has 1 amide bonds. The van der Waals surface area contributed by atoms with Gasteiger partial charge in [0, 0.05) is 24.0 Å².